The Morgan fingerprint density at radius 1 is 1.27 bits per heavy atom. The number of methoxy groups -OCH3 is 1. The van der Waals surface area contributed by atoms with Crippen LogP contribution in [0, 0.1) is 29.5 Å². The van der Waals surface area contributed by atoms with E-state index >= 15 is 0 Å². The minimum Gasteiger partial charge on any atom is -0.479 e. The van der Waals surface area contributed by atoms with Gasteiger partial charge in [0.05, 0.1) is 18.9 Å². The van der Waals surface area contributed by atoms with Crippen LogP contribution in [0.15, 0.2) is 6.20 Å². The summed E-state index contributed by atoms with van der Waals surface area (Å²) in [6.45, 7) is 0.427. The van der Waals surface area contributed by atoms with Crippen LogP contribution in [0.1, 0.15) is 32.1 Å². The Morgan fingerprint density at radius 3 is 2.50 bits per heavy atom. The van der Waals surface area contributed by atoms with Crippen molar-refractivity contribution in [2.45, 2.75) is 37.7 Å². The highest BCUT2D eigenvalue weighted by molar-refractivity contribution is 5.29. The summed E-state index contributed by atoms with van der Waals surface area (Å²) in [7, 11) is 1.38. The van der Waals surface area contributed by atoms with Crippen LogP contribution in [0.25, 0.3) is 0 Å². The largest absolute Gasteiger partial charge is 0.479 e. The van der Waals surface area contributed by atoms with E-state index in [9.17, 15) is 9.50 Å². The lowest BCUT2D eigenvalue weighted by Crippen LogP contribution is -2.60. The van der Waals surface area contributed by atoms with Crippen LogP contribution in [0.3, 0.4) is 0 Å². The fourth-order valence-electron chi connectivity index (χ4n) is 5.09. The Bertz CT molecular complexity index is 553. The summed E-state index contributed by atoms with van der Waals surface area (Å²) in [6.07, 6.45) is 7.00. The summed E-state index contributed by atoms with van der Waals surface area (Å²) in [5.74, 6) is 2.02. The fraction of sp³-hybridized carbons (Fsp3) is 0.750. The van der Waals surface area contributed by atoms with Crippen molar-refractivity contribution in [1.29, 1.82) is 0 Å². The maximum atomic E-state index is 13.3. The molecule has 0 aromatic carbocycles. The third-order valence-corrected chi connectivity index (χ3v) is 5.99. The van der Waals surface area contributed by atoms with Crippen LogP contribution in [0.2, 0.25) is 0 Å². The molecule has 1 aromatic heterocycles. The SMILES string of the molecule is COc1nc(NCC2(O)C3CC4CC(C3)CC2C4)ncc1F. The van der Waals surface area contributed by atoms with E-state index in [0.717, 1.165) is 43.7 Å². The first-order valence-electron chi connectivity index (χ1n) is 8.11. The van der Waals surface area contributed by atoms with Crippen molar-refractivity contribution in [3.8, 4) is 5.88 Å². The van der Waals surface area contributed by atoms with Gasteiger partial charge in [-0.25, -0.2) is 4.98 Å². The molecule has 22 heavy (non-hydrogen) atoms. The van der Waals surface area contributed by atoms with E-state index in [1.54, 1.807) is 0 Å². The number of anilines is 1. The van der Waals surface area contributed by atoms with Gasteiger partial charge < -0.3 is 15.2 Å². The van der Waals surface area contributed by atoms with Gasteiger partial charge in [0.15, 0.2) is 0 Å². The standard InChI is InChI=1S/C16H22FN3O2/c1-22-14-13(17)7-18-15(20-14)19-8-16(21)11-3-9-2-10(5-11)6-12(16)4-9/h7,9-12,21H,2-6,8H2,1H3,(H,18,19,20). The van der Waals surface area contributed by atoms with E-state index in [1.807, 2.05) is 0 Å². The number of aliphatic hydroxyl groups is 1. The molecule has 4 fully saturated rings. The van der Waals surface area contributed by atoms with Gasteiger partial charge in [-0.15, -0.1) is 0 Å². The van der Waals surface area contributed by atoms with Crippen molar-refractivity contribution in [2.75, 3.05) is 19.0 Å². The molecule has 1 heterocycles. The molecule has 0 aliphatic heterocycles. The van der Waals surface area contributed by atoms with Crippen LogP contribution in [0.4, 0.5) is 10.3 Å². The molecular weight excluding hydrogens is 285 g/mol. The Balaban J connectivity index is 1.49. The quantitative estimate of drug-likeness (QED) is 0.893. The number of nitrogens with zero attached hydrogens (tertiary/aromatic N) is 2. The monoisotopic (exact) mass is 307 g/mol. The normalized spacial score (nSPS) is 39.0. The first-order chi connectivity index (χ1) is 10.6. The highest BCUT2D eigenvalue weighted by atomic mass is 19.1. The Labute approximate surface area is 129 Å². The van der Waals surface area contributed by atoms with Gasteiger partial charge in [0.2, 0.25) is 11.8 Å². The Kier molecular flexibility index (Phi) is 3.25. The van der Waals surface area contributed by atoms with E-state index in [1.165, 1.54) is 13.5 Å². The van der Waals surface area contributed by atoms with Crippen molar-refractivity contribution in [3.63, 3.8) is 0 Å². The fourth-order valence-corrected chi connectivity index (χ4v) is 5.09. The zero-order valence-electron chi connectivity index (χ0n) is 12.8. The van der Waals surface area contributed by atoms with Gasteiger partial charge in [0.25, 0.3) is 5.88 Å². The minimum atomic E-state index is -0.682. The lowest BCUT2D eigenvalue weighted by Gasteiger charge is -2.58. The smallest absolute Gasteiger partial charge is 0.255 e. The predicted molar refractivity (Wildman–Crippen MR) is 79.0 cm³/mol. The third kappa shape index (κ3) is 2.16. The molecule has 2 N–H and O–H groups in total. The van der Waals surface area contributed by atoms with Gasteiger partial charge in [0, 0.05) is 6.54 Å². The maximum absolute atomic E-state index is 13.3. The number of hydrogen-bond acceptors (Lipinski definition) is 5. The Hall–Kier alpha value is -1.43. The summed E-state index contributed by atoms with van der Waals surface area (Å²) in [5, 5.41) is 14.3. The second kappa shape index (κ2) is 5.05. The number of hydrogen-bond donors (Lipinski definition) is 2. The molecule has 4 saturated carbocycles. The lowest BCUT2D eigenvalue weighted by atomic mass is 9.50. The third-order valence-electron chi connectivity index (χ3n) is 5.99. The molecule has 0 radical (unpaired) electrons. The van der Waals surface area contributed by atoms with Crippen molar-refractivity contribution >= 4 is 5.95 Å². The topological polar surface area (TPSA) is 67.3 Å². The lowest BCUT2D eigenvalue weighted by molar-refractivity contribution is -0.164. The summed E-state index contributed by atoms with van der Waals surface area (Å²) in [5.41, 5.74) is -0.682. The number of aromatic nitrogens is 2. The van der Waals surface area contributed by atoms with Crippen LogP contribution in [-0.4, -0.2) is 34.3 Å². The summed E-state index contributed by atoms with van der Waals surface area (Å²) in [4.78, 5) is 7.93. The zero-order valence-corrected chi connectivity index (χ0v) is 12.8. The number of rotatable bonds is 4. The molecule has 4 aliphatic rings. The molecule has 5 nitrogen and oxygen atoms in total. The van der Waals surface area contributed by atoms with Crippen molar-refractivity contribution in [3.05, 3.63) is 12.0 Å². The van der Waals surface area contributed by atoms with E-state index < -0.39 is 11.4 Å². The number of nitrogens with one attached hydrogen (secondary N) is 1. The molecule has 120 valence electrons. The van der Waals surface area contributed by atoms with Crippen LogP contribution < -0.4 is 10.1 Å². The van der Waals surface area contributed by atoms with Gasteiger partial charge in [0.1, 0.15) is 0 Å². The molecule has 1 aromatic rings. The second-order valence-electron chi connectivity index (χ2n) is 7.20. The van der Waals surface area contributed by atoms with Crippen LogP contribution in [0.5, 0.6) is 5.88 Å². The van der Waals surface area contributed by atoms with E-state index in [2.05, 4.69) is 15.3 Å². The summed E-state index contributed by atoms with van der Waals surface area (Å²) < 4.78 is 18.2. The minimum absolute atomic E-state index is 0.0745. The molecule has 0 amide bonds. The average molecular weight is 307 g/mol. The molecule has 0 unspecified atom stereocenters. The first kappa shape index (κ1) is 14.2. The molecule has 5 rings (SSSR count). The molecule has 6 heteroatoms. The highest BCUT2D eigenvalue weighted by Gasteiger charge is 2.56. The number of halogens is 1. The first-order valence-corrected chi connectivity index (χ1v) is 8.11. The van der Waals surface area contributed by atoms with E-state index in [4.69, 9.17) is 4.74 Å². The highest BCUT2D eigenvalue weighted by Crippen LogP contribution is 2.58. The second-order valence-corrected chi connectivity index (χ2v) is 7.20. The van der Waals surface area contributed by atoms with Crippen molar-refractivity contribution in [2.24, 2.45) is 23.7 Å². The van der Waals surface area contributed by atoms with E-state index in [0.29, 0.717) is 24.3 Å². The zero-order chi connectivity index (χ0) is 15.3. The maximum Gasteiger partial charge on any atom is 0.255 e. The summed E-state index contributed by atoms with van der Waals surface area (Å²) in [6, 6.07) is 0. The molecule has 4 bridgehead atoms. The Morgan fingerprint density at radius 2 is 1.91 bits per heavy atom. The predicted octanol–water partition coefficient (Wildman–Crippen LogP) is 2.22. The van der Waals surface area contributed by atoms with Gasteiger partial charge >= 0.3 is 0 Å². The molecular formula is C16H22FN3O2. The van der Waals surface area contributed by atoms with Gasteiger partial charge in [-0.2, -0.15) is 9.37 Å². The van der Waals surface area contributed by atoms with E-state index in [-0.39, 0.29) is 5.88 Å². The molecule has 4 aliphatic carbocycles. The van der Waals surface area contributed by atoms with Gasteiger partial charge in [-0.3, -0.25) is 0 Å². The molecule has 0 atom stereocenters. The van der Waals surface area contributed by atoms with Gasteiger partial charge in [-0.1, -0.05) is 0 Å². The van der Waals surface area contributed by atoms with Crippen molar-refractivity contribution < 1.29 is 14.2 Å². The number of ether oxygens (including phenoxy) is 1. The van der Waals surface area contributed by atoms with Crippen LogP contribution >= 0.6 is 0 Å². The molecule has 0 spiro atoms. The van der Waals surface area contributed by atoms with Crippen molar-refractivity contribution in [1.82, 2.24) is 9.97 Å². The summed E-state index contributed by atoms with van der Waals surface area (Å²) >= 11 is 0. The average Bonchev–Trinajstić information content (AvgIpc) is 2.51. The van der Waals surface area contributed by atoms with Gasteiger partial charge in [-0.05, 0) is 55.8 Å². The molecule has 0 saturated heterocycles. The van der Waals surface area contributed by atoms with Crippen LogP contribution in [-0.2, 0) is 0 Å².